The summed E-state index contributed by atoms with van der Waals surface area (Å²) >= 11 is 0. The van der Waals surface area contributed by atoms with Gasteiger partial charge in [-0.25, -0.2) is 4.98 Å². The molecule has 0 bridgehead atoms. The van der Waals surface area contributed by atoms with E-state index >= 15 is 0 Å². The molecule has 1 aromatic rings. The van der Waals surface area contributed by atoms with E-state index in [0.717, 1.165) is 0 Å². The molecule has 0 fully saturated rings. The number of hydrogen-bond donors (Lipinski definition) is 0. The summed E-state index contributed by atoms with van der Waals surface area (Å²) < 4.78 is 12.7. The van der Waals surface area contributed by atoms with Crippen molar-refractivity contribution >= 4 is 0 Å². The van der Waals surface area contributed by atoms with Gasteiger partial charge in [0.25, 0.3) is 0 Å². The van der Waals surface area contributed by atoms with E-state index in [0.29, 0.717) is 13.2 Å². The highest BCUT2D eigenvalue weighted by molar-refractivity contribution is 4.78. The van der Waals surface area contributed by atoms with Gasteiger partial charge in [-0.3, -0.25) is 0 Å². The average Bonchev–Trinajstić information content (AvgIpc) is 2.65. The van der Waals surface area contributed by atoms with Gasteiger partial charge < -0.3 is 14.3 Å². The Morgan fingerprint density at radius 2 is 1.76 bits per heavy atom. The minimum Gasteiger partial charge on any atom is -0.410 e. The first-order valence-electron chi connectivity index (χ1n) is 5.65. The van der Waals surface area contributed by atoms with Crippen LogP contribution in [0, 0.1) is 0 Å². The van der Waals surface area contributed by atoms with E-state index in [4.69, 9.17) is 14.3 Å². The molecule has 0 saturated heterocycles. The third-order valence-corrected chi connectivity index (χ3v) is 2.09. The van der Waals surface area contributed by atoms with Crippen LogP contribution in [0.1, 0.15) is 27.7 Å². The monoisotopic (exact) mass is 242 g/mol. The lowest BCUT2D eigenvalue weighted by atomic mass is 10.1. The van der Waals surface area contributed by atoms with Crippen LogP contribution >= 0.6 is 0 Å². The molecule has 1 rings (SSSR count). The van der Waals surface area contributed by atoms with Crippen LogP contribution in [0.4, 0.5) is 0 Å². The molecular formula is C12H22N2O3. The highest BCUT2D eigenvalue weighted by Gasteiger charge is 2.30. The molecule has 5 heteroatoms. The highest BCUT2D eigenvalue weighted by atomic mass is 16.7. The second-order valence-corrected chi connectivity index (χ2v) is 5.25. The van der Waals surface area contributed by atoms with Gasteiger partial charge in [-0.1, -0.05) is 0 Å². The third kappa shape index (κ3) is 5.19. The summed E-state index contributed by atoms with van der Waals surface area (Å²) in [7, 11) is 1.67. The smallest absolute Gasteiger partial charge is 0.143 e. The summed E-state index contributed by atoms with van der Waals surface area (Å²) in [5.41, 5.74) is -0.733. The lowest BCUT2D eigenvalue weighted by Crippen LogP contribution is -2.44. The fourth-order valence-corrected chi connectivity index (χ4v) is 1.71. The molecule has 5 nitrogen and oxygen atoms in total. The fourth-order valence-electron chi connectivity index (χ4n) is 1.71. The summed E-state index contributed by atoms with van der Waals surface area (Å²) in [5.74, 6) is 0. The van der Waals surface area contributed by atoms with Crippen LogP contribution < -0.4 is 4.84 Å². The first-order chi connectivity index (χ1) is 7.85. The molecule has 1 heterocycles. The van der Waals surface area contributed by atoms with Crippen molar-refractivity contribution in [1.29, 1.82) is 0 Å². The van der Waals surface area contributed by atoms with Crippen LogP contribution in [-0.4, -0.2) is 41.2 Å². The zero-order valence-corrected chi connectivity index (χ0v) is 11.3. The van der Waals surface area contributed by atoms with Crippen LogP contribution in [0.15, 0.2) is 18.7 Å². The first-order valence-corrected chi connectivity index (χ1v) is 5.65. The Bertz CT molecular complexity index is 321. The minimum atomic E-state index is -0.397. The van der Waals surface area contributed by atoms with Crippen molar-refractivity contribution in [3.8, 4) is 0 Å². The third-order valence-electron chi connectivity index (χ3n) is 2.09. The number of ether oxygens (including phenoxy) is 2. The molecule has 0 aliphatic carbocycles. The molecule has 0 spiro atoms. The minimum absolute atomic E-state index is 0.337. The van der Waals surface area contributed by atoms with E-state index < -0.39 is 5.60 Å². The normalized spacial score (nSPS) is 12.8. The second-order valence-electron chi connectivity index (χ2n) is 5.25. The van der Waals surface area contributed by atoms with Crippen molar-refractivity contribution < 1.29 is 14.3 Å². The van der Waals surface area contributed by atoms with E-state index in [1.165, 1.54) is 0 Å². The zero-order valence-electron chi connectivity index (χ0n) is 11.3. The van der Waals surface area contributed by atoms with Gasteiger partial charge >= 0.3 is 0 Å². The van der Waals surface area contributed by atoms with Gasteiger partial charge in [0.15, 0.2) is 0 Å². The van der Waals surface area contributed by atoms with Crippen molar-refractivity contribution in [1.82, 2.24) is 9.71 Å². The van der Waals surface area contributed by atoms with Crippen LogP contribution in [0.3, 0.4) is 0 Å². The zero-order chi connectivity index (χ0) is 12.9. The molecule has 0 saturated carbocycles. The largest absolute Gasteiger partial charge is 0.410 e. The molecule has 0 amide bonds. The van der Waals surface area contributed by atoms with Crippen molar-refractivity contribution in [2.24, 2.45) is 0 Å². The second kappa shape index (κ2) is 5.51. The summed E-state index contributed by atoms with van der Waals surface area (Å²) in [6.45, 7) is 8.95. The Morgan fingerprint density at radius 1 is 1.12 bits per heavy atom. The quantitative estimate of drug-likeness (QED) is 0.727. The van der Waals surface area contributed by atoms with Crippen molar-refractivity contribution in [2.45, 2.75) is 38.9 Å². The number of imidazole rings is 1. The van der Waals surface area contributed by atoms with Gasteiger partial charge in [0.1, 0.15) is 12.9 Å². The van der Waals surface area contributed by atoms with E-state index in [2.05, 4.69) is 4.98 Å². The number of nitrogens with zero attached hydrogens (tertiary/aromatic N) is 2. The molecule has 0 aromatic carbocycles. The molecule has 17 heavy (non-hydrogen) atoms. The Balaban J connectivity index is 2.45. The Morgan fingerprint density at radius 3 is 2.29 bits per heavy atom. The molecule has 98 valence electrons. The van der Waals surface area contributed by atoms with E-state index in [1.54, 1.807) is 30.6 Å². The molecular weight excluding hydrogens is 220 g/mol. The van der Waals surface area contributed by atoms with Crippen LogP contribution in [-0.2, 0) is 9.47 Å². The lowest BCUT2D eigenvalue weighted by Gasteiger charge is -2.35. The SMILES string of the molecule is COCC(C)(C)OC(C)(C)COn1ccnc1. The van der Waals surface area contributed by atoms with Crippen LogP contribution in [0.5, 0.6) is 0 Å². The molecule has 0 aliphatic heterocycles. The van der Waals surface area contributed by atoms with Crippen molar-refractivity contribution in [2.75, 3.05) is 20.3 Å². The molecule has 1 aromatic heterocycles. The molecule has 0 aliphatic rings. The van der Waals surface area contributed by atoms with E-state index in [9.17, 15) is 0 Å². The van der Waals surface area contributed by atoms with Gasteiger partial charge in [0.05, 0.1) is 24.0 Å². The maximum Gasteiger partial charge on any atom is 0.143 e. The fraction of sp³-hybridized carbons (Fsp3) is 0.750. The molecule has 0 radical (unpaired) electrons. The van der Waals surface area contributed by atoms with Gasteiger partial charge in [0.2, 0.25) is 0 Å². The number of hydrogen-bond acceptors (Lipinski definition) is 4. The van der Waals surface area contributed by atoms with Crippen LogP contribution in [0.2, 0.25) is 0 Å². The standard InChI is InChI=1S/C12H22N2O3/c1-11(2,8-15-5)17-12(3,4)9-16-14-7-6-13-10-14/h6-7,10H,8-9H2,1-5H3. The maximum absolute atomic E-state index is 5.98. The number of methoxy groups -OCH3 is 1. The number of aromatic nitrogens is 2. The topological polar surface area (TPSA) is 45.5 Å². The average molecular weight is 242 g/mol. The summed E-state index contributed by atoms with van der Waals surface area (Å²) in [4.78, 5) is 9.43. The van der Waals surface area contributed by atoms with Crippen molar-refractivity contribution in [3.63, 3.8) is 0 Å². The summed E-state index contributed by atoms with van der Waals surface area (Å²) in [5, 5.41) is 0. The van der Waals surface area contributed by atoms with E-state index in [-0.39, 0.29) is 5.60 Å². The highest BCUT2D eigenvalue weighted by Crippen LogP contribution is 2.20. The summed E-state index contributed by atoms with van der Waals surface area (Å²) in [6, 6.07) is 0. The Hall–Kier alpha value is -1.07. The predicted octanol–water partition coefficient (Wildman–Crippen LogP) is 1.53. The van der Waals surface area contributed by atoms with Crippen molar-refractivity contribution in [3.05, 3.63) is 18.7 Å². The Labute approximate surface area is 103 Å². The summed E-state index contributed by atoms with van der Waals surface area (Å²) in [6.07, 6.45) is 5.02. The Kier molecular flexibility index (Phi) is 4.54. The number of rotatable bonds is 7. The molecule has 0 atom stereocenters. The maximum atomic E-state index is 5.98. The predicted molar refractivity (Wildman–Crippen MR) is 64.8 cm³/mol. The molecule has 0 unspecified atom stereocenters. The van der Waals surface area contributed by atoms with Crippen LogP contribution in [0.25, 0.3) is 0 Å². The van der Waals surface area contributed by atoms with Gasteiger partial charge in [-0.15, -0.1) is 0 Å². The molecule has 0 N–H and O–H groups in total. The van der Waals surface area contributed by atoms with Gasteiger partial charge in [-0.2, -0.15) is 4.73 Å². The lowest BCUT2D eigenvalue weighted by molar-refractivity contribution is -0.169. The van der Waals surface area contributed by atoms with E-state index in [1.807, 2.05) is 27.7 Å². The van der Waals surface area contributed by atoms with Gasteiger partial charge in [-0.05, 0) is 27.7 Å². The first kappa shape index (κ1) is 14.0. The van der Waals surface area contributed by atoms with Gasteiger partial charge in [0, 0.05) is 13.3 Å².